The van der Waals surface area contributed by atoms with Crippen LogP contribution in [0.4, 0.5) is 0 Å². The monoisotopic (exact) mass is 198 g/mol. The first kappa shape index (κ1) is 11.5. The van der Waals surface area contributed by atoms with Gasteiger partial charge in [-0.2, -0.15) is 0 Å². The predicted octanol–water partition coefficient (Wildman–Crippen LogP) is 4.53. The summed E-state index contributed by atoms with van der Waals surface area (Å²) in [7, 11) is 0. The third kappa shape index (κ3) is 3.59. The van der Waals surface area contributed by atoms with Crippen molar-refractivity contribution in [3.63, 3.8) is 0 Å². The molecule has 0 saturated heterocycles. The zero-order chi connectivity index (χ0) is 11.1. The summed E-state index contributed by atoms with van der Waals surface area (Å²) in [5, 5.41) is 0. The Morgan fingerprint density at radius 2 is 1.80 bits per heavy atom. The van der Waals surface area contributed by atoms with Crippen LogP contribution in [0.25, 0.3) is 5.57 Å². The highest BCUT2D eigenvalue weighted by molar-refractivity contribution is 5.67. The van der Waals surface area contributed by atoms with Crippen molar-refractivity contribution in [2.45, 2.75) is 20.8 Å². The molecule has 0 N–H and O–H groups in total. The molecule has 78 valence electrons. The third-order valence-corrected chi connectivity index (χ3v) is 2.33. The maximum absolute atomic E-state index is 2.16. The van der Waals surface area contributed by atoms with Crippen LogP contribution in [-0.2, 0) is 0 Å². The van der Waals surface area contributed by atoms with Crippen LogP contribution in [-0.4, -0.2) is 0 Å². The van der Waals surface area contributed by atoms with Gasteiger partial charge in [-0.15, -0.1) is 0 Å². The van der Waals surface area contributed by atoms with Crippen molar-refractivity contribution < 1.29 is 0 Å². The minimum Gasteiger partial charge on any atom is -0.0877 e. The number of aryl methyl sites for hydroxylation is 1. The van der Waals surface area contributed by atoms with Gasteiger partial charge in [0.25, 0.3) is 0 Å². The van der Waals surface area contributed by atoms with Crippen molar-refractivity contribution in [1.82, 2.24) is 0 Å². The maximum atomic E-state index is 2.16. The van der Waals surface area contributed by atoms with Crippen molar-refractivity contribution in [2.75, 3.05) is 0 Å². The molecule has 0 aromatic heterocycles. The molecule has 0 nitrogen and oxygen atoms in total. The van der Waals surface area contributed by atoms with Crippen LogP contribution in [0.3, 0.4) is 0 Å². The molecule has 1 aromatic carbocycles. The van der Waals surface area contributed by atoms with Crippen LogP contribution in [0, 0.1) is 6.92 Å². The van der Waals surface area contributed by atoms with Crippen LogP contribution in [0.5, 0.6) is 0 Å². The molecule has 0 atom stereocenters. The predicted molar refractivity (Wildman–Crippen MR) is 68.8 cm³/mol. The van der Waals surface area contributed by atoms with E-state index in [1.165, 1.54) is 16.7 Å². The number of hydrogen-bond acceptors (Lipinski definition) is 0. The Morgan fingerprint density at radius 3 is 2.47 bits per heavy atom. The van der Waals surface area contributed by atoms with Gasteiger partial charge in [-0.25, -0.2) is 0 Å². The molecular weight excluding hydrogens is 180 g/mol. The van der Waals surface area contributed by atoms with Gasteiger partial charge in [0.2, 0.25) is 0 Å². The van der Waals surface area contributed by atoms with E-state index >= 15 is 0 Å². The second-order valence-corrected chi connectivity index (χ2v) is 3.58. The quantitative estimate of drug-likeness (QED) is 0.626. The molecule has 0 amide bonds. The van der Waals surface area contributed by atoms with Crippen molar-refractivity contribution in [3.8, 4) is 0 Å². The van der Waals surface area contributed by atoms with Gasteiger partial charge < -0.3 is 0 Å². The van der Waals surface area contributed by atoms with Gasteiger partial charge in [0, 0.05) is 0 Å². The topological polar surface area (TPSA) is 0 Å². The molecule has 0 radical (unpaired) electrons. The lowest BCUT2D eigenvalue weighted by Crippen LogP contribution is -1.83. The second-order valence-electron chi connectivity index (χ2n) is 3.58. The van der Waals surface area contributed by atoms with Crippen molar-refractivity contribution in [1.29, 1.82) is 0 Å². The molecule has 0 heterocycles. The van der Waals surface area contributed by atoms with Gasteiger partial charge >= 0.3 is 0 Å². The largest absolute Gasteiger partial charge is 0.0877 e. The van der Waals surface area contributed by atoms with Crippen molar-refractivity contribution in [3.05, 3.63) is 65.8 Å². The number of rotatable bonds is 3. The Kier molecular flexibility index (Phi) is 4.62. The highest BCUT2D eigenvalue weighted by atomic mass is 14.0. The van der Waals surface area contributed by atoms with E-state index in [1.54, 1.807) is 0 Å². The van der Waals surface area contributed by atoms with E-state index in [-0.39, 0.29) is 0 Å². The van der Waals surface area contributed by atoms with Gasteiger partial charge in [0.1, 0.15) is 0 Å². The lowest BCUT2D eigenvalue weighted by Gasteiger charge is -2.04. The maximum Gasteiger partial charge on any atom is -0.0198 e. The molecule has 0 heteroatoms. The fourth-order valence-electron chi connectivity index (χ4n) is 1.48. The fourth-order valence-corrected chi connectivity index (χ4v) is 1.48. The summed E-state index contributed by atoms with van der Waals surface area (Å²) < 4.78 is 0. The Morgan fingerprint density at radius 1 is 1.07 bits per heavy atom. The van der Waals surface area contributed by atoms with Crippen LogP contribution in [0.15, 0.2) is 54.6 Å². The zero-order valence-corrected chi connectivity index (χ0v) is 9.70. The van der Waals surface area contributed by atoms with E-state index in [9.17, 15) is 0 Å². The minimum atomic E-state index is 1.30. The van der Waals surface area contributed by atoms with E-state index in [0.29, 0.717) is 0 Å². The summed E-state index contributed by atoms with van der Waals surface area (Å²) in [5.41, 5.74) is 3.95. The first-order chi connectivity index (χ1) is 7.25. The van der Waals surface area contributed by atoms with Crippen LogP contribution in [0.1, 0.15) is 25.0 Å². The molecule has 0 fully saturated rings. The van der Waals surface area contributed by atoms with E-state index in [1.807, 2.05) is 25.2 Å². The second kappa shape index (κ2) is 6.02. The summed E-state index contributed by atoms with van der Waals surface area (Å²) in [4.78, 5) is 0. The number of hydrogen-bond donors (Lipinski definition) is 0. The van der Waals surface area contributed by atoms with Gasteiger partial charge in [0.15, 0.2) is 0 Å². The molecule has 0 aliphatic carbocycles. The van der Waals surface area contributed by atoms with Crippen LogP contribution < -0.4 is 0 Å². The Bertz CT molecular complexity index is 392. The zero-order valence-electron chi connectivity index (χ0n) is 9.70. The molecule has 0 aliphatic rings. The lowest BCUT2D eigenvalue weighted by atomic mass is 10.0. The molecule has 1 rings (SSSR count). The average molecular weight is 198 g/mol. The summed E-state index contributed by atoms with van der Waals surface area (Å²) in [6.45, 7) is 6.30. The van der Waals surface area contributed by atoms with Gasteiger partial charge in [-0.3, -0.25) is 0 Å². The molecule has 1 aromatic rings. The van der Waals surface area contributed by atoms with Crippen molar-refractivity contribution >= 4 is 5.57 Å². The Labute approximate surface area is 92.6 Å². The Hall–Kier alpha value is -1.56. The van der Waals surface area contributed by atoms with E-state index in [0.717, 1.165) is 0 Å². The minimum absolute atomic E-state index is 1.30. The molecular formula is C15H18. The smallest absolute Gasteiger partial charge is 0.0198 e. The van der Waals surface area contributed by atoms with E-state index < -0.39 is 0 Å². The van der Waals surface area contributed by atoms with E-state index in [4.69, 9.17) is 0 Å². The molecule has 0 unspecified atom stereocenters. The van der Waals surface area contributed by atoms with Crippen LogP contribution >= 0.6 is 0 Å². The Balaban J connectivity index is 2.85. The lowest BCUT2D eigenvalue weighted by molar-refractivity contribution is 1.41. The SMILES string of the molecule is C/C=C/C=C\C=C(/C)c1ccccc1C. The average Bonchev–Trinajstić information content (AvgIpc) is 2.25. The summed E-state index contributed by atoms with van der Waals surface area (Å²) in [6, 6.07) is 8.45. The molecule has 15 heavy (non-hydrogen) atoms. The third-order valence-electron chi connectivity index (χ3n) is 2.33. The van der Waals surface area contributed by atoms with Crippen molar-refractivity contribution in [2.24, 2.45) is 0 Å². The highest BCUT2D eigenvalue weighted by Gasteiger charge is 1.96. The first-order valence-electron chi connectivity index (χ1n) is 5.28. The molecule has 0 spiro atoms. The molecule has 0 saturated carbocycles. The summed E-state index contributed by atoms with van der Waals surface area (Å²) in [6.07, 6.45) is 10.3. The van der Waals surface area contributed by atoms with Crippen LogP contribution in [0.2, 0.25) is 0 Å². The normalized spacial score (nSPS) is 12.9. The van der Waals surface area contributed by atoms with Gasteiger partial charge in [-0.05, 0) is 37.5 Å². The fraction of sp³-hybridized carbons (Fsp3) is 0.200. The van der Waals surface area contributed by atoms with Gasteiger partial charge in [0.05, 0.1) is 0 Å². The summed E-state index contributed by atoms with van der Waals surface area (Å²) in [5.74, 6) is 0. The summed E-state index contributed by atoms with van der Waals surface area (Å²) >= 11 is 0. The molecule has 0 bridgehead atoms. The first-order valence-corrected chi connectivity index (χ1v) is 5.28. The highest BCUT2D eigenvalue weighted by Crippen LogP contribution is 2.17. The number of benzene rings is 1. The molecule has 0 aliphatic heterocycles. The van der Waals surface area contributed by atoms with E-state index in [2.05, 4.69) is 50.3 Å². The standard InChI is InChI=1S/C15H18/c1-4-5-6-7-10-13(2)15-12-9-8-11-14(15)3/h4-12H,1-3H3/b5-4+,7-6-,13-10+. The number of allylic oxidation sites excluding steroid dienone is 6. The van der Waals surface area contributed by atoms with Gasteiger partial charge in [-0.1, -0.05) is 54.6 Å².